The molecule has 1 aromatic carbocycles. The third kappa shape index (κ3) is 4.47. The van der Waals surface area contributed by atoms with Gasteiger partial charge in [0.05, 0.1) is 12.6 Å². The summed E-state index contributed by atoms with van der Waals surface area (Å²) in [4.78, 5) is 26.4. The first-order valence-corrected chi connectivity index (χ1v) is 11.0. The lowest BCUT2D eigenvalue weighted by Crippen LogP contribution is -2.44. The maximum Gasteiger partial charge on any atom is 0.169 e. The lowest BCUT2D eigenvalue weighted by molar-refractivity contribution is 0.0992. The van der Waals surface area contributed by atoms with Crippen molar-refractivity contribution in [1.29, 1.82) is 0 Å². The Kier molecular flexibility index (Phi) is 5.60. The number of rotatable bonds is 5. The fraction of sp³-hybridized carbons (Fsp3) is 0.280. The van der Waals surface area contributed by atoms with E-state index in [1.165, 1.54) is 6.07 Å². The number of ketones is 1. The van der Waals surface area contributed by atoms with E-state index < -0.39 is 0 Å². The zero-order chi connectivity index (χ0) is 22.9. The Morgan fingerprint density at radius 2 is 1.82 bits per heavy atom. The van der Waals surface area contributed by atoms with Crippen molar-refractivity contribution in [2.45, 2.75) is 6.42 Å². The molecule has 0 N–H and O–H groups in total. The number of anilines is 1. The van der Waals surface area contributed by atoms with Crippen LogP contribution in [0.25, 0.3) is 21.9 Å². The molecule has 0 amide bonds. The standard InChI is InChI=1S/C25H25FN6O/c1-30-5-7-32(8-6-30)25-12-17(3-4-27-25)24(33)13-21-9-18-10-22(20-15-29-31(2)16-20)23(26)11-19(18)14-28-21/h3-4,9-12,14-16H,5-8,13H2,1-2H3. The predicted molar refractivity (Wildman–Crippen MR) is 126 cm³/mol. The quantitative estimate of drug-likeness (QED) is 0.440. The number of aryl methyl sites for hydroxylation is 1. The van der Waals surface area contributed by atoms with E-state index in [1.807, 2.05) is 12.1 Å². The summed E-state index contributed by atoms with van der Waals surface area (Å²) >= 11 is 0. The van der Waals surface area contributed by atoms with Gasteiger partial charge in [0.25, 0.3) is 0 Å². The number of Topliss-reactive ketones (excluding diaryl/α,β-unsaturated/α-hetero) is 1. The van der Waals surface area contributed by atoms with Crippen LogP contribution in [0.3, 0.4) is 0 Å². The van der Waals surface area contributed by atoms with Crippen molar-refractivity contribution in [3.05, 3.63) is 72.2 Å². The number of pyridine rings is 2. The van der Waals surface area contributed by atoms with Crippen LogP contribution in [0.1, 0.15) is 16.1 Å². The molecule has 1 aliphatic rings. The van der Waals surface area contributed by atoms with Crippen LogP contribution in [0.2, 0.25) is 0 Å². The van der Waals surface area contributed by atoms with Crippen molar-refractivity contribution in [2.75, 3.05) is 38.1 Å². The first-order chi connectivity index (χ1) is 16.0. The van der Waals surface area contributed by atoms with Crippen LogP contribution in [-0.2, 0) is 13.5 Å². The zero-order valence-corrected chi connectivity index (χ0v) is 18.7. The van der Waals surface area contributed by atoms with E-state index in [9.17, 15) is 9.18 Å². The van der Waals surface area contributed by atoms with Crippen molar-refractivity contribution < 1.29 is 9.18 Å². The SMILES string of the molecule is CN1CCN(c2cc(C(=O)Cc3cc4cc(-c5cnn(C)c5)c(F)cc4cn3)ccn2)CC1. The minimum Gasteiger partial charge on any atom is -0.354 e. The summed E-state index contributed by atoms with van der Waals surface area (Å²) in [7, 11) is 3.90. The van der Waals surface area contributed by atoms with Gasteiger partial charge in [0, 0.05) is 79.6 Å². The van der Waals surface area contributed by atoms with Crippen LogP contribution < -0.4 is 4.90 Å². The molecule has 8 heteroatoms. The van der Waals surface area contributed by atoms with E-state index in [0.29, 0.717) is 27.8 Å². The van der Waals surface area contributed by atoms with Gasteiger partial charge in [0.2, 0.25) is 0 Å². The molecular formula is C25H25FN6O. The molecule has 4 aromatic rings. The number of likely N-dealkylation sites (N-methyl/N-ethyl adjacent to an activating group) is 1. The fourth-order valence-corrected chi connectivity index (χ4v) is 4.16. The maximum absolute atomic E-state index is 14.6. The predicted octanol–water partition coefficient (Wildman–Crippen LogP) is 3.35. The average molecular weight is 445 g/mol. The number of fused-ring (bicyclic) bond motifs is 1. The number of halogens is 1. The summed E-state index contributed by atoms with van der Waals surface area (Å²) in [6.45, 7) is 3.73. The summed E-state index contributed by atoms with van der Waals surface area (Å²) < 4.78 is 16.3. The van der Waals surface area contributed by atoms with Crippen LogP contribution in [-0.4, -0.2) is 63.7 Å². The van der Waals surface area contributed by atoms with E-state index >= 15 is 0 Å². The van der Waals surface area contributed by atoms with Gasteiger partial charge in [-0.3, -0.25) is 14.5 Å². The number of hydrogen-bond acceptors (Lipinski definition) is 6. The molecule has 0 aliphatic carbocycles. The second-order valence-corrected chi connectivity index (χ2v) is 8.55. The fourth-order valence-electron chi connectivity index (χ4n) is 4.16. The van der Waals surface area contributed by atoms with Gasteiger partial charge < -0.3 is 9.80 Å². The summed E-state index contributed by atoms with van der Waals surface area (Å²) in [5, 5.41) is 5.66. The van der Waals surface area contributed by atoms with Gasteiger partial charge in [-0.1, -0.05) is 0 Å². The first-order valence-electron chi connectivity index (χ1n) is 11.0. The summed E-state index contributed by atoms with van der Waals surface area (Å²) in [5.74, 6) is 0.487. The number of benzene rings is 1. The monoisotopic (exact) mass is 444 g/mol. The highest BCUT2D eigenvalue weighted by Gasteiger charge is 2.17. The highest BCUT2D eigenvalue weighted by Crippen LogP contribution is 2.28. The molecule has 1 fully saturated rings. The molecule has 0 radical (unpaired) electrons. The third-order valence-electron chi connectivity index (χ3n) is 6.12. The highest BCUT2D eigenvalue weighted by atomic mass is 19.1. The Morgan fingerprint density at radius 3 is 2.58 bits per heavy atom. The average Bonchev–Trinajstić information content (AvgIpc) is 3.25. The third-order valence-corrected chi connectivity index (χ3v) is 6.12. The number of nitrogens with zero attached hydrogens (tertiary/aromatic N) is 6. The minimum atomic E-state index is -0.325. The number of carbonyl (C=O) groups is 1. The van der Waals surface area contributed by atoms with Gasteiger partial charge in [0.1, 0.15) is 11.6 Å². The van der Waals surface area contributed by atoms with E-state index in [2.05, 4.69) is 31.9 Å². The summed E-state index contributed by atoms with van der Waals surface area (Å²) in [5.41, 5.74) is 2.45. The van der Waals surface area contributed by atoms with Crippen molar-refractivity contribution in [3.63, 3.8) is 0 Å². The van der Waals surface area contributed by atoms with Crippen molar-refractivity contribution in [3.8, 4) is 11.1 Å². The molecule has 7 nitrogen and oxygen atoms in total. The second kappa shape index (κ2) is 8.71. The number of carbonyl (C=O) groups excluding carboxylic acids is 1. The van der Waals surface area contributed by atoms with Gasteiger partial charge in [-0.2, -0.15) is 5.10 Å². The maximum atomic E-state index is 14.6. The lowest BCUT2D eigenvalue weighted by Gasteiger charge is -2.33. The minimum absolute atomic E-state index is 0.0192. The topological polar surface area (TPSA) is 67.2 Å². The second-order valence-electron chi connectivity index (χ2n) is 8.55. The van der Waals surface area contributed by atoms with Crippen molar-refractivity contribution >= 4 is 22.4 Å². The molecule has 168 valence electrons. The molecule has 1 aliphatic heterocycles. The molecule has 0 atom stereocenters. The highest BCUT2D eigenvalue weighted by molar-refractivity contribution is 5.98. The van der Waals surface area contributed by atoms with Gasteiger partial charge in [-0.15, -0.1) is 0 Å². The molecule has 33 heavy (non-hydrogen) atoms. The Balaban J connectivity index is 1.38. The Morgan fingerprint density at radius 1 is 1.00 bits per heavy atom. The number of hydrogen-bond donors (Lipinski definition) is 0. The van der Waals surface area contributed by atoms with E-state index in [4.69, 9.17) is 0 Å². The Hall–Kier alpha value is -3.65. The zero-order valence-electron chi connectivity index (χ0n) is 18.7. The number of piperazine rings is 1. The normalized spacial score (nSPS) is 14.7. The van der Waals surface area contributed by atoms with E-state index in [0.717, 1.165) is 37.4 Å². The molecule has 1 saturated heterocycles. The largest absolute Gasteiger partial charge is 0.354 e. The number of aromatic nitrogens is 4. The van der Waals surface area contributed by atoms with Crippen LogP contribution in [0.4, 0.5) is 10.2 Å². The van der Waals surface area contributed by atoms with Crippen LogP contribution in [0.15, 0.2) is 55.1 Å². The summed E-state index contributed by atoms with van der Waals surface area (Å²) in [6, 6.07) is 8.73. The molecule has 0 bridgehead atoms. The van der Waals surface area contributed by atoms with Gasteiger partial charge >= 0.3 is 0 Å². The van der Waals surface area contributed by atoms with Crippen molar-refractivity contribution in [1.82, 2.24) is 24.6 Å². The molecule has 3 aromatic heterocycles. The Labute approximate surface area is 191 Å². The molecule has 4 heterocycles. The van der Waals surface area contributed by atoms with Gasteiger partial charge in [-0.05, 0) is 42.8 Å². The summed E-state index contributed by atoms with van der Waals surface area (Å²) in [6.07, 6.45) is 6.89. The first kappa shape index (κ1) is 21.2. The molecule has 0 spiro atoms. The smallest absolute Gasteiger partial charge is 0.169 e. The van der Waals surface area contributed by atoms with Crippen LogP contribution >= 0.6 is 0 Å². The molecule has 5 rings (SSSR count). The molecule has 0 unspecified atom stereocenters. The van der Waals surface area contributed by atoms with Crippen molar-refractivity contribution in [2.24, 2.45) is 7.05 Å². The Bertz CT molecular complexity index is 1330. The van der Waals surface area contributed by atoms with Gasteiger partial charge in [-0.25, -0.2) is 9.37 Å². The molecule has 0 saturated carbocycles. The van der Waals surface area contributed by atoms with E-state index in [-0.39, 0.29) is 18.0 Å². The van der Waals surface area contributed by atoms with Crippen LogP contribution in [0, 0.1) is 5.82 Å². The lowest BCUT2D eigenvalue weighted by atomic mass is 10.0. The van der Waals surface area contributed by atoms with E-state index in [1.54, 1.807) is 48.6 Å². The van der Waals surface area contributed by atoms with Crippen LogP contribution in [0.5, 0.6) is 0 Å². The molecular weight excluding hydrogens is 419 g/mol. The van der Waals surface area contributed by atoms with Gasteiger partial charge in [0.15, 0.2) is 5.78 Å².